The maximum Gasteiger partial charge on any atom is 0.328 e. The van der Waals surface area contributed by atoms with Crippen LogP contribution in [0, 0.1) is 0 Å². The highest BCUT2D eigenvalue weighted by atomic mass is 16.5. The zero-order valence-corrected chi connectivity index (χ0v) is 17.7. The number of aromatic amines is 1. The number of aliphatic carboxylic acids is 1. The number of carboxylic acids is 1. The summed E-state index contributed by atoms with van der Waals surface area (Å²) in [6.07, 6.45) is 4.77. The van der Waals surface area contributed by atoms with Crippen LogP contribution in [-0.2, 0) is 20.9 Å². The molecular weight excluding hydrogens is 392 g/mol. The zero-order chi connectivity index (χ0) is 21.6. The van der Waals surface area contributed by atoms with Crippen LogP contribution in [0.1, 0.15) is 30.9 Å². The molecule has 0 aliphatic carbocycles. The normalized spacial score (nSPS) is 15.0. The maximum absolute atomic E-state index is 11.3. The van der Waals surface area contributed by atoms with Crippen molar-refractivity contribution in [2.75, 3.05) is 25.1 Å². The van der Waals surface area contributed by atoms with Crippen LogP contribution in [0.3, 0.4) is 0 Å². The van der Waals surface area contributed by atoms with Crippen molar-refractivity contribution in [3.8, 4) is 11.3 Å². The summed E-state index contributed by atoms with van der Waals surface area (Å²) >= 11 is 0. The number of carboxylic acid groups (broad SMARTS) is 1. The maximum atomic E-state index is 11.3. The van der Waals surface area contributed by atoms with E-state index < -0.39 is 5.97 Å². The van der Waals surface area contributed by atoms with Crippen LogP contribution in [0.5, 0.6) is 0 Å². The van der Waals surface area contributed by atoms with E-state index in [1.807, 2.05) is 37.3 Å². The molecule has 3 aromatic rings. The molecule has 1 aliphatic heterocycles. The monoisotopic (exact) mass is 420 g/mol. The van der Waals surface area contributed by atoms with Gasteiger partial charge in [0.2, 0.25) is 0 Å². The molecule has 0 radical (unpaired) electrons. The minimum Gasteiger partial charge on any atom is -0.478 e. The molecule has 0 unspecified atom stereocenters. The third-order valence-electron chi connectivity index (χ3n) is 5.52. The van der Waals surface area contributed by atoms with Gasteiger partial charge in [-0.05, 0) is 49.1 Å². The van der Waals surface area contributed by atoms with Crippen molar-refractivity contribution < 1.29 is 19.4 Å². The first-order chi connectivity index (χ1) is 15.2. The molecule has 1 fully saturated rings. The number of ether oxygens (including phenoxy) is 2. The minimum atomic E-state index is -0.973. The predicted molar refractivity (Wildman–Crippen MR) is 123 cm³/mol. The Hall–Kier alpha value is -3.09. The van der Waals surface area contributed by atoms with Crippen molar-refractivity contribution in [3.05, 3.63) is 59.7 Å². The fraction of sp³-hybridized carbons (Fsp3) is 0.320. The summed E-state index contributed by atoms with van der Waals surface area (Å²) in [5, 5.41) is 13.9. The first kappa shape index (κ1) is 21.2. The lowest BCUT2D eigenvalue weighted by Gasteiger charge is -2.24. The van der Waals surface area contributed by atoms with Gasteiger partial charge in [0.05, 0.1) is 23.5 Å². The first-order valence-electron chi connectivity index (χ1n) is 10.7. The van der Waals surface area contributed by atoms with Crippen molar-refractivity contribution >= 4 is 28.6 Å². The number of carbonyl (C=O) groups is 1. The molecule has 0 atom stereocenters. The molecule has 2 heterocycles. The van der Waals surface area contributed by atoms with E-state index >= 15 is 0 Å². The molecule has 31 heavy (non-hydrogen) atoms. The second-order valence-corrected chi connectivity index (χ2v) is 7.69. The average Bonchev–Trinajstić information content (AvgIpc) is 3.16. The molecule has 0 saturated carbocycles. The van der Waals surface area contributed by atoms with Gasteiger partial charge in [0.1, 0.15) is 0 Å². The van der Waals surface area contributed by atoms with Gasteiger partial charge in [0.25, 0.3) is 0 Å². The Bertz CT molecular complexity index is 1070. The topological polar surface area (TPSA) is 83.6 Å². The highest BCUT2D eigenvalue weighted by Crippen LogP contribution is 2.36. The smallest absolute Gasteiger partial charge is 0.328 e. The van der Waals surface area contributed by atoms with Gasteiger partial charge >= 0.3 is 5.97 Å². The highest BCUT2D eigenvalue weighted by Gasteiger charge is 2.19. The lowest BCUT2D eigenvalue weighted by Crippen LogP contribution is -2.28. The summed E-state index contributed by atoms with van der Waals surface area (Å²) in [6.45, 7) is 4.63. The average molecular weight is 421 g/mol. The Balaban J connectivity index is 1.87. The van der Waals surface area contributed by atoms with Crippen LogP contribution in [0.15, 0.2) is 48.5 Å². The van der Waals surface area contributed by atoms with Gasteiger partial charge in [-0.3, -0.25) is 0 Å². The Kier molecular flexibility index (Phi) is 6.70. The van der Waals surface area contributed by atoms with Crippen molar-refractivity contribution in [2.24, 2.45) is 0 Å². The number of anilines is 1. The lowest BCUT2D eigenvalue weighted by molar-refractivity contribution is -0.131. The highest BCUT2D eigenvalue weighted by molar-refractivity contribution is 6.04. The number of hydrogen-bond acceptors (Lipinski definition) is 4. The van der Waals surface area contributed by atoms with Crippen LogP contribution in [0.2, 0.25) is 0 Å². The van der Waals surface area contributed by atoms with Gasteiger partial charge in [-0.25, -0.2) is 4.79 Å². The Morgan fingerprint density at radius 1 is 1.26 bits per heavy atom. The summed E-state index contributed by atoms with van der Waals surface area (Å²) in [7, 11) is 0. The molecule has 4 rings (SSSR count). The summed E-state index contributed by atoms with van der Waals surface area (Å²) in [5.41, 5.74) is 5.79. The van der Waals surface area contributed by atoms with Crippen LogP contribution < -0.4 is 5.32 Å². The molecule has 0 spiro atoms. The SMILES string of the molecule is CCOCc1cc(NC2CCOCC2)c2[nH]c(-c3ccccc3)c(/C=C/C(=O)O)c2c1. The molecule has 1 aromatic heterocycles. The van der Waals surface area contributed by atoms with E-state index in [0.29, 0.717) is 19.3 Å². The second kappa shape index (κ2) is 9.81. The summed E-state index contributed by atoms with van der Waals surface area (Å²) in [6, 6.07) is 14.5. The van der Waals surface area contributed by atoms with Crippen molar-refractivity contribution in [3.63, 3.8) is 0 Å². The van der Waals surface area contributed by atoms with E-state index in [2.05, 4.69) is 22.4 Å². The Morgan fingerprint density at radius 2 is 2.03 bits per heavy atom. The molecule has 1 saturated heterocycles. The zero-order valence-electron chi connectivity index (χ0n) is 17.7. The summed E-state index contributed by atoms with van der Waals surface area (Å²) in [5.74, 6) is -0.973. The van der Waals surface area contributed by atoms with E-state index in [4.69, 9.17) is 9.47 Å². The number of fused-ring (bicyclic) bond motifs is 1. The standard InChI is InChI=1S/C25H28N2O4/c1-2-30-16-17-14-21-20(8-9-23(28)29)24(18-6-4-3-5-7-18)27-25(21)22(15-17)26-19-10-12-31-13-11-19/h3-9,14-15,19,26-27H,2,10-13,16H2,1H3,(H,28,29)/b9-8+. The Morgan fingerprint density at radius 3 is 2.74 bits per heavy atom. The van der Waals surface area contributed by atoms with E-state index in [-0.39, 0.29) is 0 Å². The molecule has 162 valence electrons. The second-order valence-electron chi connectivity index (χ2n) is 7.69. The van der Waals surface area contributed by atoms with E-state index in [1.165, 1.54) is 6.08 Å². The molecular formula is C25H28N2O4. The quantitative estimate of drug-likeness (QED) is 0.444. The van der Waals surface area contributed by atoms with Crippen LogP contribution in [0.25, 0.3) is 28.2 Å². The van der Waals surface area contributed by atoms with Gasteiger partial charge in [0.15, 0.2) is 0 Å². The van der Waals surface area contributed by atoms with Crippen molar-refractivity contribution in [1.82, 2.24) is 4.98 Å². The van der Waals surface area contributed by atoms with Crippen molar-refractivity contribution in [2.45, 2.75) is 32.4 Å². The third-order valence-corrected chi connectivity index (χ3v) is 5.52. The minimum absolute atomic E-state index is 0.334. The summed E-state index contributed by atoms with van der Waals surface area (Å²) < 4.78 is 11.2. The third kappa shape index (κ3) is 4.98. The van der Waals surface area contributed by atoms with E-state index in [0.717, 1.165) is 65.0 Å². The van der Waals surface area contributed by atoms with Gasteiger partial charge in [0, 0.05) is 42.9 Å². The molecule has 6 nitrogen and oxygen atoms in total. The molecule has 0 bridgehead atoms. The lowest BCUT2D eigenvalue weighted by atomic mass is 10.0. The van der Waals surface area contributed by atoms with Gasteiger partial charge in [-0.15, -0.1) is 0 Å². The number of H-pyrrole nitrogens is 1. The van der Waals surface area contributed by atoms with E-state index in [9.17, 15) is 9.90 Å². The fourth-order valence-electron chi connectivity index (χ4n) is 4.02. The van der Waals surface area contributed by atoms with Gasteiger partial charge in [-0.1, -0.05) is 30.3 Å². The van der Waals surface area contributed by atoms with Crippen molar-refractivity contribution in [1.29, 1.82) is 0 Å². The van der Waals surface area contributed by atoms with Gasteiger partial charge in [-0.2, -0.15) is 0 Å². The molecule has 3 N–H and O–H groups in total. The van der Waals surface area contributed by atoms with Crippen LogP contribution in [0.4, 0.5) is 5.69 Å². The number of nitrogens with one attached hydrogen (secondary N) is 2. The fourth-order valence-corrected chi connectivity index (χ4v) is 4.02. The van der Waals surface area contributed by atoms with Crippen LogP contribution >= 0.6 is 0 Å². The number of benzene rings is 2. The molecule has 2 aromatic carbocycles. The number of rotatable bonds is 8. The largest absolute Gasteiger partial charge is 0.478 e. The predicted octanol–water partition coefficient (Wildman–Crippen LogP) is 5.06. The molecule has 1 aliphatic rings. The van der Waals surface area contributed by atoms with Gasteiger partial charge < -0.3 is 24.9 Å². The summed E-state index contributed by atoms with van der Waals surface area (Å²) in [4.78, 5) is 14.8. The molecule has 6 heteroatoms. The van der Waals surface area contributed by atoms with E-state index in [1.54, 1.807) is 6.08 Å². The number of aromatic nitrogens is 1. The number of hydrogen-bond donors (Lipinski definition) is 3. The first-order valence-corrected chi connectivity index (χ1v) is 10.7. The Labute approximate surface area is 181 Å². The molecule has 0 amide bonds. The van der Waals surface area contributed by atoms with Crippen LogP contribution in [-0.4, -0.2) is 41.9 Å².